The summed E-state index contributed by atoms with van der Waals surface area (Å²) >= 11 is 0. The van der Waals surface area contributed by atoms with Crippen molar-refractivity contribution in [2.75, 3.05) is 13.1 Å². The van der Waals surface area contributed by atoms with E-state index in [-0.39, 0.29) is 24.8 Å². The number of pyridine rings is 1. The number of piperidine rings is 1. The van der Waals surface area contributed by atoms with E-state index in [1.165, 1.54) is 37.2 Å². The summed E-state index contributed by atoms with van der Waals surface area (Å²) in [5, 5.41) is 0. The first-order valence-corrected chi connectivity index (χ1v) is 5.73. The minimum atomic E-state index is 0. The molecule has 1 aromatic rings. The highest BCUT2D eigenvalue weighted by atomic mass is 35.5. The molecule has 0 unspecified atom stereocenters. The fourth-order valence-electron chi connectivity index (χ4n) is 2.62. The minimum absolute atomic E-state index is 0. The van der Waals surface area contributed by atoms with Crippen molar-refractivity contribution in [3.05, 3.63) is 35.8 Å². The Morgan fingerprint density at radius 3 is 2.41 bits per heavy atom. The van der Waals surface area contributed by atoms with Gasteiger partial charge >= 0.3 is 0 Å². The minimum Gasteiger partial charge on any atom is -0.377 e. The van der Waals surface area contributed by atoms with Crippen molar-refractivity contribution < 1.29 is 0 Å². The Balaban J connectivity index is 0.000000722. The Morgan fingerprint density at radius 1 is 1.18 bits per heavy atom. The summed E-state index contributed by atoms with van der Waals surface area (Å²) < 4.78 is 0. The lowest BCUT2D eigenvalue weighted by molar-refractivity contribution is 0.252. The summed E-state index contributed by atoms with van der Waals surface area (Å²) in [4.78, 5) is 7.05. The van der Waals surface area contributed by atoms with E-state index in [1.54, 1.807) is 0 Å². The van der Waals surface area contributed by atoms with Gasteiger partial charge < -0.3 is 4.90 Å². The van der Waals surface area contributed by atoms with E-state index >= 15 is 0 Å². The zero-order valence-electron chi connectivity index (χ0n) is 9.93. The number of aryl methyl sites for hydroxylation is 1. The molecule has 17 heavy (non-hydrogen) atoms. The molecule has 1 fully saturated rings. The zero-order chi connectivity index (χ0) is 10.3. The molecular formula is C13H18Cl2N2. The predicted molar refractivity (Wildman–Crippen MR) is 75.7 cm³/mol. The third-order valence-electron chi connectivity index (χ3n) is 3.48. The molecule has 2 nitrogen and oxygen atoms in total. The van der Waals surface area contributed by atoms with Gasteiger partial charge in [0.1, 0.15) is 0 Å². The Hall–Kier alpha value is -0.730. The number of halogens is 2. The highest BCUT2D eigenvalue weighted by molar-refractivity contribution is 5.85. The third kappa shape index (κ3) is 2.75. The van der Waals surface area contributed by atoms with Gasteiger partial charge in [0.2, 0.25) is 0 Å². The van der Waals surface area contributed by atoms with Crippen LogP contribution in [0, 0.1) is 12.8 Å². The van der Waals surface area contributed by atoms with Gasteiger partial charge in [-0.15, -0.1) is 24.8 Å². The summed E-state index contributed by atoms with van der Waals surface area (Å²) in [6, 6.07) is 6.31. The quantitative estimate of drug-likeness (QED) is 0.780. The van der Waals surface area contributed by atoms with Crippen LogP contribution in [0.25, 0.3) is 5.57 Å². The number of hydrogen-bond acceptors (Lipinski definition) is 2. The summed E-state index contributed by atoms with van der Waals surface area (Å²) in [5.41, 5.74) is 3.76. The van der Waals surface area contributed by atoms with Crippen molar-refractivity contribution in [2.45, 2.75) is 19.8 Å². The first-order valence-electron chi connectivity index (χ1n) is 5.73. The molecule has 4 heterocycles. The zero-order valence-corrected chi connectivity index (χ0v) is 11.6. The molecule has 0 aliphatic carbocycles. The molecule has 3 aliphatic heterocycles. The Kier molecular flexibility index (Phi) is 4.84. The van der Waals surface area contributed by atoms with E-state index in [1.807, 2.05) is 0 Å². The SMILES string of the molecule is Cc1cccc(C2=CN3CCC2CC3)n1.Cl.Cl. The second-order valence-electron chi connectivity index (χ2n) is 4.56. The lowest BCUT2D eigenvalue weighted by atomic mass is 9.84. The number of rotatable bonds is 1. The third-order valence-corrected chi connectivity index (χ3v) is 3.48. The van der Waals surface area contributed by atoms with Crippen LogP contribution in [0.1, 0.15) is 24.2 Å². The van der Waals surface area contributed by atoms with Crippen LogP contribution >= 0.6 is 24.8 Å². The Morgan fingerprint density at radius 2 is 1.88 bits per heavy atom. The Bertz CT molecular complexity index is 410. The maximum atomic E-state index is 4.62. The molecule has 1 aromatic heterocycles. The molecular weight excluding hydrogens is 255 g/mol. The molecule has 0 N–H and O–H groups in total. The van der Waals surface area contributed by atoms with E-state index in [2.05, 4.69) is 41.2 Å². The Labute approximate surface area is 115 Å². The highest BCUT2D eigenvalue weighted by Crippen LogP contribution is 2.36. The predicted octanol–water partition coefficient (Wildman–Crippen LogP) is 3.30. The van der Waals surface area contributed by atoms with Crippen LogP contribution in [0.2, 0.25) is 0 Å². The van der Waals surface area contributed by atoms with Crippen molar-refractivity contribution in [1.82, 2.24) is 9.88 Å². The standard InChI is InChI=1S/C13H16N2.2ClH/c1-10-3-2-4-13(14-10)12-9-15-7-5-11(12)6-8-15;;/h2-4,9,11H,5-8H2,1H3;2*1H. The summed E-state index contributed by atoms with van der Waals surface area (Å²) in [6.45, 7) is 4.53. The second kappa shape index (κ2) is 5.74. The number of fused-ring (bicyclic) bond motifs is 2. The first kappa shape index (κ1) is 14.3. The molecule has 0 aromatic carbocycles. The largest absolute Gasteiger partial charge is 0.377 e. The molecule has 0 saturated carbocycles. The van der Waals surface area contributed by atoms with Crippen LogP contribution < -0.4 is 0 Å². The maximum absolute atomic E-state index is 4.62. The number of allylic oxidation sites excluding steroid dienone is 1. The van der Waals surface area contributed by atoms with Crippen LogP contribution in [-0.2, 0) is 0 Å². The van der Waals surface area contributed by atoms with Gasteiger partial charge in [0.15, 0.2) is 0 Å². The van der Waals surface area contributed by atoms with Gasteiger partial charge in [-0.05, 0) is 43.4 Å². The summed E-state index contributed by atoms with van der Waals surface area (Å²) in [5.74, 6) is 0.754. The van der Waals surface area contributed by atoms with Crippen molar-refractivity contribution in [3.8, 4) is 0 Å². The van der Waals surface area contributed by atoms with Gasteiger partial charge in [-0.1, -0.05) is 6.07 Å². The molecule has 4 heteroatoms. The molecule has 0 spiro atoms. The average Bonchev–Trinajstić information content (AvgIpc) is 2.30. The molecule has 0 amide bonds. The molecule has 2 bridgehead atoms. The molecule has 94 valence electrons. The van der Waals surface area contributed by atoms with Gasteiger partial charge in [-0.25, -0.2) is 0 Å². The molecule has 4 rings (SSSR count). The van der Waals surface area contributed by atoms with E-state index in [0.29, 0.717) is 0 Å². The normalized spacial score (nSPS) is 18.2. The van der Waals surface area contributed by atoms with Gasteiger partial charge in [0.25, 0.3) is 0 Å². The van der Waals surface area contributed by atoms with Gasteiger partial charge in [-0.3, -0.25) is 4.98 Å². The fraction of sp³-hybridized carbons (Fsp3) is 0.462. The first-order chi connectivity index (χ1) is 7.33. The van der Waals surface area contributed by atoms with E-state index in [9.17, 15) is 0 Å². The van der Waals surface area contributed by atoms with Crippen LogP contribution in [0.3, 0.4) is 0 Å². The maximum Gasteiger partial charge on any atom is 0.0682 e. The fourth-order valence-corrected chi connectivity index (χ4v) is 2.62. The number of nitrogens with zero attached hydrogens (tertiary/aromatic N) is 2. The molecule has 0 radical (unpaired) electrons. The summed E-state index contributed by atoms with van der Waals surface area (Å²) in [7, 11) is 0. The van der Waals surface area contributed by atoms with Crippen molar-refractivity contribution in [2.24, 2.45) is 5.92 Å². The molecule has 0 atom stereocenters. The summed E-state index contributed by atoms with van der Waals surface area (Å²) in [6.07, 6.45) is 4.93. The van der Waals surface area contributed by atoms with Crippen molar-refractivity contribution in [3.63, 3.8) is 0 Å². The number of aromatic nitrogens is 1. The van der Waals surface area contributed by atoms with E-state index in [0.717, 1.165) is 11.6 Å². The highest BCUT2D eigenvalue weighted by Gasteiger charge is 2.28. The second-order valence-corrected chi connectivity index (χ2v) is 4.56. The lowest BCUT2D eigenvalue weighted by Crippen LogP contribution is -2.35. The average molecular weight is 273 g/mol. The van der Waals surface area contributed by atoms with E-state index in [4.69, 9.17) is 0 Å². The van der Waals surface area contributed by atoms with Crippen LogP contribution in [0.15, 0.2) is 24.4 Å². The van der Waals surface area contributed by atoms with Crippen LogP contribution in [-0.4, -0.2) is 23.0 Å². The topological polar surface area (TPSA) is 16.1 Å². The molecule has 3 aliphatic rings. The van der Waals surface area contributed by atoms with E-state index < -0.39 is 0 Å². The monoisotopic (exact) mass is 272 g/mol. The van der Waals surface area contributed by atoms with Crippen LogP contribution in [0.5, 0.6) is 0 Å². The van der Waals surface area contributed by atoms with Crippen LogP contribution in [0.4, 0.5) is 0 Å². The van der Waals surface area contributed by atoms with Gasteiger partial charge in [0.05, 0.1) is 5.69 Å². The smallest absolute Gasteiger partial charge is 0.0682 e. The molecule has 1 saturated heterocycles. The van der Waals surface area contributed by atoms with Gasteiger partial charge in [0, 0.05) is 25.0 Å². The van der Waals surface area contributed by atoms with Crippen molar-refractivity contribution in [1.29, 1.82) is 0 Å². The lowest BCUT2D eigenvalue weighted by Gasteiger charge is -2.38. The van der Waals surface area contributed by atoms with Crippen molar-refractivity contribution >= 4 is 30.4 Å². The number of hydrogen-bond donors (Lipinski definition) is 0. The van der Waals surface area contributed by atoms with Gasteiger partial charge in [-0.2, -0.15) is 0 Å².